The zero-order chi connectivity index (χ0) is 25.5. The first-order valence-electron chi connectivity index (χ1n) is 12.0. The fourth-order valence-corrected chi connectivity index (χ4v) is 5.51. The Kier molecular flexibility index (Phi) is 9.03. The first-order valence-corrected chi connectivity index (χ1v) is 13.3. The van der Waals surface area contributed by atoms with E-state index in [1.54, 1.807) is 33.5 Å². The molecule has 1 saturated heterocycles. The number of rotatable bonds is 8. The highest BCUT2D eigenvalue weighted by molar-refractivity contribution is 7.80. The Labute approximate surface area is 218 Å². The molecule has 36 heavy (non-hydrogen) atoms. The van der Waals surface area contributed by atoms with Gasteiger partial charge in [-0.25, -0.2) is 4.98 Å². The average Bonchev–Trinajstić information content (AvgIpc) is 3.37. The van der Waals surface area contributed by atoms with Crippen LogP contribution in [0, 0.1) is 5.92 Å². The van der Waals surface area contributed by atoms with Gasteiger partial charge in [0.05, 0.1) is 6.54 Å². The summed E-state index contributed by atoms with van der Waals surface area (Å²) in [6.07, 6.45) is 7.95. The Morgan fingerprint density at radius 2 is 1.92 bits per heavy atom. The molecule has 0 unspecified atom stereocenters. The van der Waals surface area contributed by atoms with Gasteiger partial charge in [0.25, 0.3) is 0 Å². The smallest absolute Gasteiger partial charge is 0.387 e. The van der Waals surface area contributed by atoms with Crippen molar-refractivity contribution >= 4 is 51.3 Å². The molecule has 2 heterocycles. The van der Waals surface area contributed by atoms with E-state index in [4.69, 9.17) is 12.2 Å². The molecule has 194 valence electrons. The van der Waals surface area contributed by atoms with Crippen LogP contribution in [0.4, 0.5) is 19.6 Å². The van der Waals surface area contributed by atoms with Crippen LogP contribution in [0.2, 0.25) is 0 Å². The monoisotopic (exact) mass is 537 g/mol. The second kappa shape index (κ2) is 12.4. The van der Waals surface area contributed by atoms with Crippen LogP contribution in [0.15, 0.2) is 35.8 Å². The molecule has 1 saturated carbocycles. The lowest BCUT2D eigenvalue weighted by atomic mass is 9.84. The molecule has 0 bridgehead atoms. The van der Waals surface area contributed by atoms with Gasteiger partial charge in [0.15, 0.2) is 10.2 Å². The second-order valence-corrected chi connectivity index (χ2v) is 10.2. The van der Waals surface area contributed by atoms with Crippen LogP contribution in [0.1, 0.15) is 38.5 Å². The lowest BCUT2D eigenvalue weighted by Crippen LogP contribution is -2.59. The molecule has 12 heteroatoms. The number of hydrogen-bond acceptors (Lipinski definition) is 6. The van der Waals surface area contributed by atoms with Gasteiger partial charge in [-0.1, -0.05) is 32.1 Å². The van der Waals surface area contributed by atoms with E-state index in [0.717, 1.165) is 25.7 Å². The molecule has 0 radical (unpaired) electrons. The molecule has 1 aromatic carbocycles. The van der Waals surface area contributed by atoms with Crippen LogP contribution in [0.3, 0.4) is 0 Å². The standard InChI is InChI=1S/C24H29F2N5O3S2/c25-22(26)34-18-8-6-17(7-9-18)28-24(35)30-11-12-31(20(32)15-30)19(14-16-4-2-1-3-5-16)21(33)29-23-27-10-13-36-23/h6-10,13,16,19,22H,1-5,11-12,14-15H2,(H,28,35)(H,27,29,33)/t19-/m0/s1. The lowest BCUT2D eigenvalue weighted by molar-refractivity contribution is -0.142. The fraction of sp³-hybridized carbons (Fsp3) is 0.500. The van der Waals surface area contributed by atoms with Crippen LogP contribution < -0.4 is 15.4 Å². The van der Waals surface area contributed by atoms with Gasteiger partial charge in [0.2, 0.25) is 11.8 Å². The molecule has 1 aliphatic carbocycles. The van der Waals surface area contributed by atoms with Crippen molar-refractivity contribution in [2.45, 2.75) is 51.2 Å². The number of hydrogen-bond donors (Lipinski definition) is 2. The predicted octanol–water partition coefficient (Wildman–Crippen LogP) is 4.56. The number of aromatic nitrogens is 1. The van der Waals surface area contributed by atoms with Crippen molar-refractivity contribution in [3.63, 3.8) is 0 Å². The van der Waals surface area contributed by atoms with E-state index in [0.29, 0.717) is 41.4 Å². The third-order valence-electron chi connectivity index (χ3n) is 6.50. The fourth-order valence-electron chi connectivity index (χ4n) is 4.70. The van der Waals surface area contributed by atoms with Crippen molar-refractivity contribution in [1.29, 1.82) is 0 Å². The highest BCUT2D eigenvalue weighted by Crippen LogP contribution is 2.30. The molecule has 8 nitrogen and oxygen atoms in total. The minimum atomic E-state index is -2.89. The molecule has 2 fully saturated rings. The van der Waals surface area contributed by atoms with E-state index >= 15 is 0 Å². The van der Waals surface area contributed by atoms with Crippen molar-refractivity contribution in [2.24, 2.45) is 5.92 Å². The van der Waals surface area contributed by atoms with E-state index in [1.165, 1.54) is 29.9 Å². The number of halogens is 2. The maximum Gasteiger partial charge on any atom is 0.387 e. The van der Waals surface area contributed by atoms with Crippen LogP contribution >= 0.6 is 23.6 Å². The van der Waals surface area contributed by atoms with Crippen LogP contribution in [-0.2, 0) is 9.59 Å². The number of thiocarbonyl (C=S) groups is 1. The Morgan fingerprint density at radius 3 is 2.56 bits per heavy atom. The van der Waals surface area contributed by atoms with E-state index in [1.807, 2.05) is 0 Å². The Morgan fingerprint density at radius 1 is 1.17 bits per heavy atom. The highest BCUT2D eigenvalue weighted by Gasteiger charge is 2.36. The van der Waals surface area contributed by atoms with Crippen LogP contribution in [-0.4, -0.2) is 64.0 Å². The van der Waals surface area contributed by atoms with Gasteiger partial charge >= 0.3 is 6.61 Å². The lowest BCUT2D eigenvalue weighted by Gasteiger charge is -2.40. The van der Waals surface area contributed by atoms with E-state index < -0.39 is 12.7 Å². The molecule has 4 rings (SSSR count). The van der Waals surface area contributed by atoms with Crippen molar-refractivity contribution < 1.29 is 23.1 Å². The number of ether oxygens (including phenoxy) is 1. The summed E-state index contributed by atoms with van der Waals surface area (Å²) in [5.74, 6) is 0.0898. The molecule has 0 spiro atoms. The molecule has 1 atom stereocenters. The SMILES string of the molecule is O=C(Nc1nccs1)[C@H](CC1CCCCC1)N1CCN(C(=S)Nc2ccc(OC(F)F)cc2)CC1=O. The average molecular weight is 538 g/mol. The number of nitrogens with one attached hydrogen (secondary N) is 2. The van der Waals surface area contributed by atoms with Crippen molar-refractivity contribution in [2.75, 3.05) is 30.3 Å². The molecule has 1 aliphatic heterocycles. The van der Waals surface area contributed by atoms with E-state index in [2.05, 4.69) is 20.4 Å². The van der Waals surface area contributed by atoms with Gasteiger partial charge in [-0.05, 0) is 48.8 Å². The number of alkyl halides is 2. The van der Waals surface area contributed by atoms with Crippen molar-refractivity contribution in [3.8, 4) is 5.75 Å². The van der Waals surface area contributed by atoms with Gasteiger partial charge in [-0.15, -0.1) is 11.3 Å². The zero-order valence-corrected chi connectivity index (χ0v) is 21.3. The number of carbonyl (C=O) groups is 2. The van der Waals surface area contributed by atoms with E-state index in [9.17, 15) is 18.4 Å². The number of nitrogens with zero attached hydrogens (tertiary/aromatic N) is 3. The number of carbonyl (C=O) groups excluding carboxylic acids is 2. The third kappa shape index (κ3) is 7.10. The predicted molar refractivity (Wildman–Crippen MR) is 138 cm³/mol. The topological polar surface area (TPSA) is 86.8 Å². The molecule has 2 aromatic rings. The molecular formula is C24H29F2N5O3S2. The largest absolute Gasteiger partial charge is 0.435 e. The van der Waals surface area contributed by atoms with Gasteiger partial charge < -0.3 is 25.2 Å². The second-order valence-electron chi connectivity index (χ2n) is 8.92. The Hall–Kier alpha value is -2.86. The van der Waals surface area contributed by atoms with Gasteiger partial charge in [-0.2, -0.15) is 8.78 Å². The molecular weight excluding hydrogens is 508 g/mol. The molecule has 2 amide bonds. The summed E-state index contributed by atoms with van der Waals surface area (Å²) in [6, 6.07) is 5.42. The molecule has 1 aromatic heterocycles. The van der Waals surface area contributed by atoms with Gasteiger partial charge in [0, 0.05) is 30.4 Å². The number of thiazole rings is 1. The Bertz CT molecular complexity index is 1030. The zero-order valence-electron chi connectivity index (χ0n) is 19.7. The quantitative estimate of drug-likeness (QED) is 0.478. The minimum absolute atomic E-state index is 0.0457. The molecule has 2 aliphatic rings. The maximum absolute atomic E-state index is 13.2. The third-order valence-corrected chi connectivity index (χ3v) is 7.55. The van der Waals surface area contributed by atoms with Gasteiger partial charge in [-0.3, -0.25) is 9.59 Å². The summed E-state index contributed by atoms with van der Waals surface area (Å²) in [5, 5.41) is 8.58. The van der Waals surface area contributed by atoms with Crippen molar-refractivity contribution in [1.82, 2.24) is 14.8 Å². The van der Waals surface area contributed by atoms with Crippen molar-refractivity contribution in [3.05, 3.63) is 35.8 Å². The summed E-state index contributed by atoms with van der Waals surface area (Å²) in [7, 11) is 0. The maximum atomic E-state index is 13.2. The summed E-state index contributed by atoms with van der Waals surface area (Å²) in [4.78, 5) is 34.0. The van der Waals surface area contributed by atoms with Crippen LogP contribution in [0.5, 0.6) is 5.75 Å². The van der Waals surface area contributed by atoms with Gasteiger partial charge in [0.1, 0.15) is 11.8 Å². The number of amides is 2. The van der Waals surface area contributed by atoms with E-state index in [-0.39, 0.29) is 24.1 Å². The normalized spacial score (nSPS) is 17.7. The number of anilines is 2. The molecule has 2 N–H and O–H groups in total. The Balaban J connectivity index is 1.37. The summed E-state index contributed by atoms with van der Waals surface area (Å²) >= 11 is 6.83. The first kappa shape index (κ1) is 26.2. The minimum Gasteiger partial charge on any atom is -0.435 e. The summed E-state index contributed by atoms with van der Waals surface area (Å²) < 4.78 is 29.0. The number of piperazine rings is 1. The highest BCUT2D eigenvalue weighted by atomic mass is 32.1. The summed E-state index contributed by atoms with van der Waals surface area (Å²) in [5.41, 5.74) is 0.592. The summed E-state index contributed by atoms with van der Waals surface area (Å²) in [6.45, 7) is -2.01. The van der Waals surface area contributed by atoms with Crippen LogP contribution in [0.25, 0.3) is 0 Å². The first-order chi connectivity index (χ1) is 17.4. The number of benzene rings is 1.